The average molecular weight is 541 g/mol. The molecule has 0 atom stereocenters. The summed E-state index contributed by atoms with van der Waals surface area (Å²) in [6, 6.07) is 12.4. The molecule has 38 heavy (non-hydrogen) atoms. The molecule has 1 aromatic carbocycles. The van der Waals surface area contributed by atoms with Crippen molar-refractivity contribution in [2.24, 2.45) is 5.92 Å². The third-order valence-corrected chi connectivity index (χ3v) is 7.26. The number of anilines is 1. The van der Waals surface area contributed by atoms with Crippen molar-refractivity contribution in [3.05, 3.63) is 81.6 Å². The van der Waals surface area contributed by atoms with Crippen molar-refractivity contribution < 1.29 is 13.6 Å². The van der Waals surface area contributed by atoms with E-state index >= 15 is 0 Å². The van der Waals surface area contributed by atoms with E-state index in [0.717, 1.165) is 35.8 Å². The summed E-state index contributed by atoms with van der Waals surface area (Å²) in [6.07, 6.45) is 2.82. The molecule has 0 unspecified atom stereocenters. The molecule has 0 radical (unpaired) electrons. The van der Waals surface area contributed by atoms with Crippen molar-refractivity contribution >= 4 is 34.4 Å². The average Bonchev–Trinajstić information content (AvgIpc) is 3.20. The molecule has 1 saturated carbocycles. The normalized spacial score (nSPS) is 17.6. The SMILES string of the molecule is CNc1cc(-n2c(=O)n(C[C@H]3CC[C@H](NC(=O)c4cc(Cl)cnc4C(F)F)CC3)c3ccccc32)ccn1. The monoisotopic (exact) mass is 540 g/mol. The van der Waals surface area contributed by atoms with Crippen LogP contribution in [0.5, 0.6) is 0 Å². The predicted molar refractivity (Wildman–Crippen MR) is 142 cm³/mol. The van der Waals surface area contributed by atoms with Crippen LogP contribution in [0.1, 0.15) is 48.2 Å². The summed E-state index contributed by atoms with van der Waals surface area (Å²) in [7, 11) is 1.78. The Kier molecular flexibility index (Phi) is 7.42. The Hall–Kier alpha value is -3.79. The second kappa shape index (κ2) is 10.9. The number of halogens is 3. The van der Waals surface area contributed by atoms with Gasteiger partial charge in [0.15, 0.2) is 0 Å². The summed E-state index contributed by atoms with van der Waals surface area (Å²) in [5.41, 5.74) is 1.50. The van der Waals surface area contributed by atoms with E-state index < -0.39 is 18.0 Å². The number of imidazole rings is 1. The number of carbonyl (C=O) groups is 1. The molecule has 0 aliphatic heterocycles. The van der Waals surface area contributed by atoms with Crippen LogP contribution in [0.25, 0.3) is 16.7 Å². The molecule has 11 heteroatoms. The first-order chi connectivity index (χ1) is 18.4. The highest BCUT2D eigenvalue weighted by Gasteiger charge is 2.27. The van der Waals surface area contributed by atoms with Crippen LogP contribution < -0.4 is 16.3 Å². The van der Waals surface area contributed by atoms with Crippen LogP contribution in [0.2, 0.25) is 5.02 Å². The number of fused-ring (bicyclic) bond motifs is 1. The van der Waals surface area contributed by atoms with Gasteiger partial charge in [-0.25, -0.2) is 18.6 Å². The van der Waals surface area contributed by atoms with E-state index in [2.05, 4.69) is 20.6 Å². The Labute approximate surface area is 222 Å². The van der Waals surface area contributed by atoms with E-state index in [-0.39, 0.29) is 28.2 Å². The first-order valence-corrected chi connectivity index (χ1v) is 12.8. The van der Waals surface area contributed by atoms with Crippen molar-refractivity contribution in [3.63, 3.8) is 0 Å². The lowest BCUT2D eigenvalue weighted by Gasteiger charge is -2.29. The number of alkyl halides is 2. The summed E-state index contributed by atoms with van der Waals surface area (Å²) in [5, 5.41) is 6.00. The molecule has 0 bridgehead atoms. The van der Waals surface area contributed by atoms with Crippen LogP contribution >= 0.6 is 11.6 Å². The minimum absolute atomic E-state index is 0.122. The number of hydrogen-bond donors (Lipinski definition) is 2. The topological polar surface area (TPSA) is 93.8 Å². The number of rotatable bonds is 7. The van der Waals surface area contributed by atoms with E-state index in [0.29, 0.717) is 25.2 Å². The first kappa shape index (κ1) is 25.8. The maximum absolute atomic E-state index is 13.6. The van der Waals surface area contributed by atoms with E-state index in [1.54, 1.807) is 17.8 Å². The Morgan fingerprint density at radius 1 is 1.11 bits per heavy atom. The molecule has 1 fully saturated rings. The van der Waals surface area contributed by atoms with Crippen molar-refractivity contribution in [1.29, 1.82) is 0 Å². The lowest BCUT2D eigenvalue weighted by molar-refractivity contribution is 0.0904. The van der Waals surface area contributed by atoms with Crippen molar-refractivity contribution in [1.82, 2.24) is 24.4 Å². The number of carbonyl (C=O) groups excluding carboxylic acids is 1. The minimum Gasteiger partial charge on any atom is -0.373 e. The van der Waals surface area contributed by atoms with Crippen molar-refractivity contribution in [2.45, 2.75) is 44.7 Å². The van der Waals surface area contributed by atoms with Gasteiger partial charge in [-0.1, -0.05) is 23.7 Å². The van der Waals surface area contributed by atoms with Crippen LogP contribution in [0, 0.1) is 5.92 Å². The maximum atomic E-state index is 13.6. The van der Waals surface area contributed by atoms with Crippen LogP contribution in [0.3, 0.4) is 0 Å². The molecule has 1 aliphatic rings. The first-order valence-electron chi connectivity index (χ1n) is 12.4. The number of nitrogens with one attached hydrogen (secondary N) is 2. The van der Waals surface area contributed by atoms with Gasteiger partial charge in [-0.2, -0.15) is 0 Å². The zero-order valence-electron chi connectivity index (χ0n) is 20.7. The third-order valence-electron chi connectivity index (χ3n) is 7.05. The van der Waals surface area contributed by atoms with E-state index in [9.17, 15) is 18.4 Å². The third kappa shape index (κ3) is 5.13. The highest BCUT2D eigenvalue weighted by atomic mass is 35.5. The molecule has 5 rings (SSSR count). The molecule has 0 saturated heterocycles. The maximum Gasteiger partial charge on any atom is 0.333 e. The number of benzene rings is 1. The minimum atomic E-state index is -2.87. The Bertz CT molecular complexity index is 1530. The van der Waals surface area contributed by atoms with Crippen molar-refractivity contribution in [2.75, 3.05) is 12.4 Å². The smallest absolute Gasteiger partial charge is 0.333 e. The lowest BCUT2D eigenvalue weighted by Crippen LogP contribution is -2.39. The predicted octanol–water partition coefficient (Wildman–Crippen LogP) is 5.20. The van der Waals surface area contributed by atoms with Gasteiger partial charge in [-0.3, -0.25) is 18.9 Å². The molecule has 0 spiro atoms. The van der Waals surface area contributed by atoms with E-state index in [4.69, 9.17) is 11.6 Å². The molecule has 4 aromatic rings. The van der Waals surface area contributed by atoms with E-state index in [1.165, 1.54) is 6.07 Å². The van der Waals surface area contributed by atoms with Gasteiger partial charge in [0.05, 0.1) is 27.3 Å². The number of pyridine rings is 2. The fraction of sp³-hybridized carbons (Fsp3) is 0.333. The molecule has 3 aromatic heterocycles. The molecule has 3 heterocycles. The van der Waals surface area contributed by atoms with Gasteiger partial charge >= 0.3 is 5.69 Å². The van der Waals surface area contributed by atoms with Crippen molar-refractivity contribution in [3.8, 4) is 5.69 Å². The van der Waals surface area contributed by atoms with Gasteiger partial charge in [0.1, 0.15) is 11.5 Å². The van der Waals surface area contributed by atoms with Gasteiger partial charge in [0.2, 0.25) is 0 Å². The lowest BCUT2D eigenvalue weighted by atomic mass is 9.85. The summed E-state index contributed by atoms with van der Waals surface area (Å²) in [6.45, 7) is 0.546. The number of nitrogens with zero attached hydrogens (tertiary/aromatic N) is 4. The summed E-state index contributed by atoms with van der Waals surface area (Å²) in [5.74, 6) is 0.298. The highest BCUT2D eigenvalue weighted by Crippen LogP contribution is 2.29. The quantitative estimate of drug-likeness (QED) is 0.336. The molecular formula is C27H27ClF2N6O2. The van der Waals surface area contributed by atoms with Crippen LogP contribution in [-0.4, -0.2) is 38.1 Å². The summed E-state index contributed by atoms with van der Waals surface area (Å²) < 4.78 is 30.2. The van der Waals surface area contributed by atoms with Crippen LogP contribution in [0.15, 0.2) is 59.7 Å². The number of amides is 1. The molecule has 2 N–H and O–H groups in total. The molecule has 198 valence electrons. The van der Waals surface area contributed by atoms with Gasteiger partial charge in [0, 0.05) is 38.1 Å². The van der Waals surface area contributed by atoms with Crippen LogP contribution in [-0.2, 0) is 6.54 Å². The van der Waals surface area contributed by atoms with Gasteiger partial charge in [-0.05, 0) is 55.9 Å². The Morgan fingerprint density at radius 3 is 2.55 bits per heavy atom. The van der Waals surface area contributed by atoms with Crippen LogP contribution in [0.4, 0.5) is 14.6 Å². The zero-order chi connectivity index (χ0) is 26.8. The summed E-state index contributed by atoms with van der Waals surface area (Å²) >= 11 is 5.89. The van der Waals surface area contributed by atoms with Gasteiger partial charge in [0.25, 0.3) is 12.3 Å². The Balaban J connectivity index is 1.31. The molecule has 8 nitrogen and oxygen atoms in total. The highest BCUT2D eigenvalue weighted by molar-refractivity contribution is 6.30. The molecule has 1 aliphatic carbocycles. The fourth-order valence-electron chi connectivity index (χ4n) is 5.15. The fourth-order valence-corrected chi connectivity index (χ4v) is 5.30. The largest absolute Gasteiger partial charge is 0.373 e. The number of aromatic nitrogens is 4. The molecular weight excluding hydrogens is 514 g/mol. The van der Waals surface area contributed by atoms with E-state index in [1.807, 2.05) is 41.0 Å². The standard InChI is InChI=1S/C27H27ClF2N6O2/c1-31-23-13-19(10-11-32-23)36-22-5-3-2-4-21(22)35(27(36)38)15-16-6-8-18(9-7-16)34-26(37)20-12-17(28)14-33-24(20)25(29)30/h2-5,10-14,16,18,25H,6-9,15H2,1H3,(H,31,32)(H,34,37)/t16-,18-. The Morgan fingerprint density at radius 2 is 1.84 bits per heavy atom. The molecule has 1 amide bonds. The van der Waals surface area contributed by atoms with Gasteiger partial charge < -0.3 is 10.6 Å². The number of hydrogen-bond acceptors (Lipinski definition) is 5. The number of para-hydroxylation sites is 2. The second-order valence-electron chi connectivity index (χ2n) is 9.44. The van der Waals surface area contributed by atoms with Gasteiger partial charge in [-0.15, -0.1) is 0 Å². The zero-order valence-corrected chi connectivity index (χ0v) is 21.5. The summed E-state index contributed by atoms with van der Waals surface area (Å²) in [4.78, 5) is 34.2. The second-order valence-corrected chi connectivity index (χ2v) is 9.88.